The highest BCUT2D eigenvalue weighted by Crippen LogP contribution is 2.18. The summed E-state index contributed by atoms with van der Waals surface area (Å²) in [6, 6.07) is 6.12. The molecule has 0 aliphatic rings. The molecule has 0 saturated carbocycles. The molecule has 1 aromatic carbocycles. The lowest BCUT2D eigenvalue weighted by Gasteiger charge is -2.24. The zero-order valence-corrected chi connectivity index (χ0v) is 10.2. The van der Waals surface area contributed by atoms with Crippen LogP contribution in [0.2, 0.25) is 0 Å². The molecule has 0 aliphatic carbocycles. The molecule has 0 amide bonds. The molecule has 0 unspecified atom stereocenters. The highest BCUT2D eigenvalue weighted by atomic mass is 19.1. The van der Waals surface area contributed by atoms with Gasteiger partial charge < -0.3 is 10.1 Å². The van der Waals surface area contributed by atoms with Crippen LogP contribution in [0.25, 0.3) is 0 Å². The fourth-order valence-electron chi connectivity index (χ4n) is 1.32. The van der Waals surface area contributed by atoms with Gasteiger partial charge in [0.25, 0.3) is 0 Å². The minimum absolute atomic E-state index is 0.0738. The number of ether oxygens (including phenoxy) is 1. The molecule has 1 N–H and O–H groups in total. The second-order valence-corrected chi connectivity index (χ2v) is 4.69. The van der Waals surface area contributed by atoms with Crippen LogP contribution in [0.3, 0.4) is 0 Å². The summed E-state index contributed by atoms with van der Waals surface area (Å²) in [6.07, 6.45) is 0. The molecule has 0 radical (unpaired) electrons. The Bertz CT molecular complexity index is 308. The van der Waals surface area contributed by atoms with Gasteiger partial charge in [0.2, 0.25) is 0 Å². The number of benzene rings is 1. The molecule has 90 valence electrons. The molecule has 0 heterocycles. The minimum atomic E-state index is -0.237. The van der Waals surface area contributed by atoms with Crippen molar-refractivity contribution in [1.29, 1.82) is 0 Å². The molecule has 0 atom stereocenters. The monoisotopic (exact) mass is 225 g/mol. The normalized spacial score (nSPS) is 11.5. The van der Waals surface area contributed by atoms with Gasteiger partial charge in [-0.3, -0.25) is 0 Å². The zero-order chi connectivity index (χ0) is 12.0. The molecular weight excluding hydrogens is 205 g/mol. The van der Waals surface area contributed by atoms with E-state index < -0.39 is 0 Å². The van der Waals surface area contributed by atoms with E-state index in [-0.39, 0.29) is 11.2 Å². The van der Waals surface area contributed by atoms with E-state index in [4.69, 9.17) is 4.74 Å². The van der Waals surface area contributed by atoms with Crippen molar-refractivity contribution in [3.63, 3.8) is 0 Å². The summed E-state index contributed by atoms with van der Waals surface area (Å²) in [7, 11) is 0. The van der Waals surface area contributed by atoms with Gasteiger partial charge in [0, 0.05) is 12.0 Å². The average molecular weight is 225 g/mol. The van der Waals surface area contributed by atoms with E-state index in [1.807, 2.05) is 0 Å². The zero-order valence-electron chi connectivity index (χ0n) is 10.2. The first-order valence-electron chi connectivity index (χ1n) is 5.62. The predicted molar refractivity (Wildman–Crippen MR) is 64.2 cm³/mol. The van der Waals surface area contributed by atoms with Crippen molar-refractivity contribution < 1.29 is 9.13 Å². The van der Waals surface area contributed by atoms with Crippen LogP contribution in [0, 0.1) is 11.2 Å². The first kappa shape index (κ1) is 13.0. The van der Waals surface area contributed by atoms with Gasteiger partial charge in [-0.05, 0) is 30.8 Å². The lowest BCUT2D eigenvalue weighted by atomic mass is 9.95. The van der Waals surface area contributed by atoms with Crippen molar-refractivity contribution in [2.24, 2.45) is 5.41 Å². The van der Waals surface area contributed by atoms with Gasteiger partial charge in [-0.15, -0.1) is 0 Å². The second kappa shape index (κ2) is 5.85. The second-order valence-electron chi connectivity index (χ2n) is 4.69. The molecule has 0 bridgehead atoms. The SMILES string of the molecule is CCNCC(C)(C)COc1ccc(F)cc1. The average Bonchev–Trinajstić information content (AvgIpc) is 2.26. The maximum Gasteiger partial charge on any atom is 0.123 e. The van der Waals surface area contributed by atoms with Crippen molar-refractivity contribution in [3.05, 3.63) is 30.1 Å². The van der Waals surface area contributed by atoms with Gasteiger partial charge in [0.05, 0.1) is 6.61 Å². The fourth-order valence-corrected chi connectivity index (χ4v) is 1.32. The Morgan fingerprint density at radius 1 is 1.25 bits per heavy atom. The van der Waals surface area contributed by atoms with Gasteiger partial charge in [0.15, 0.2) is 0 Å². The van der Waals surface area contributed by atoms with Crippen molar-refractivity contribution in [2.45, 2.75) is 20.8 Å². The number of rotatable bonds is 6. The molecule has 1 rings (SSSR count). The number of hydrogen-bond acceptors (Lipinski definition) is 2. The molecule has 0 aliphatic heterocycles. The minimum Gasteiger partial charge on any atom is -0.493 e. The first-order valence-corrected chi connectivity index (χ1v) is 5.62. The van der Waals surface area contributed by atoms with E-state index in [9.17, 15) is 4.39 Å². The lowest BCUT2D eigenvalue weighted by molar-refractivity contribution is 0.177. The third kappa shape index (κ3) is 4.62. The lowest BCUT2D eigenvalue weighted by Crippen LogP contribution is -2.34. The molecule has 0 spiro atoms. The van der Waals surface area contributed by atoms with Crippen LogP contribution in [0.15, 0.2) is 24.3 Å². The number of nitrogens with one attached hydrogen (secondary N) is 1. The summed E-state index contributed by atoms with van der Waals surface area (Å²) >= 11 is 0. The standard InChI is InChI=1S/C13H20FNO/c1-4-15-9-13(2,3)10-16-12-7-5-11(14)6-8-12/h5-8,15H,4,9-10H2,1-3H3. The highest BCUT2D eigenvalue weighted by molar-refractivity contribution is 5.22. The van der Waals surface area contributed by atoms with E-state index >= 15 is 0 Å². The topological polar surface area (TPSA) is 21.3 Å². The smallest absolute Gasteiger partial charge is 0.123 e. The van der Waals surface area contributed by atoms with Crippen LogP contribution in [0.1, 0.15) is 20.8 Å². The van der Waals surface area contributed by atoms with Gasteiger partial charge in [-0.2, -0.15) is 0 Å². The fraction of sp³-hybridized carbons (Fsp3) is 0.538. The summed E-state index contributed by atoms with van der Waals surface area (Å²) in [6.45, 7) is 8.84. The Balaban J connectivity index is 2.41. The van der Waals surface area contributed by atoms with E-state index in [0.717, 1.165) is 13.1 Å². The summed E-state index contributed by atoms with van der Waals surface area (Å²) in [5, 5.41) is 3.29. The Hall–Kier alpha value is -1.09. The Morgan fingerprint density at radius 3 is 2.44 bits per heavy atom. The summed E-state index contributed by atoms with van der Waals surface area (Å²) in [5.41, 5.74) is 0.0738. The molecule has 16 heavy (non-hydrogen) atoms. The Labute approximate surface area is 96.8 Å². The van der Waals surface area contributed by atoms with Crippen LogP contribution < -0.4 is 10.1 Å². The van der Waals surface area contributed by atoms with Crippen LogP contribution in [-0.4, -0.2) is 19.7 Å². The van der Waals surface area contributed by atoms with Gasteiger partial charge in [-0.1, -0.05) is 20.8 Å². The van der Waals surface area contributed by atoms with Crippen LogP contribution in [0.5, 0.6) is 5.75 Å². The number of halogens is 1. The van der Waals surface area contributed by atoms with Crippen molar-refractivity contribution in [1.82, 2.24) is 5.32 Å². The summed E-state index contributed by atoms with van der Waals surface area (Å²) in [4.78, 5) is 0. The Morgan fingerprint density at radius 2 is 1.88 bits per heavy atom. The van der Waals surface area contributed by atoms with Crippen LogP contribution >= 0.6 is 0 Å². The largest absolute Gasteiger partial charge is 0.493 e. The third-order valence-corrected chi connectivity index (χ3v) is 2.30. The maximum atomic E-state index is 12.7. The van der Waals surface area contributed by atoms with E-state index in [1.165, 1.54) is 12.1 Å². The first-order chi connectivity index (χ1) is 7.53. The predicted octanol–water partition coefficient (Wildman–Crippen LogP) is 2.84. The van der Waals surface area contributed by atoms with E-state index in [1.54, 1.807) is 12.1 Å². The molecule has 0 fully saturated rings. The van der Waals surface area contributed by atoms with E-state index in [2.05, 4.69) is 26.1 Å². The highest BCUT2D eigenvalue weighted by Gasteiger charge is 2.18. The maximum absolute atomic E-state index is 12.7. The molecule has 3 heteroatoms. The molecule has 0 saturated heterocycles. The molecule has 1 aromatic rings. The van der Waals surface area contributed by atoms with Gasteiger partial charge in [-0.25, -0.2) is 4.39 Å². The quantitative estimate of drug-likeness (QED) is 0.803. The molecular formula is C13H20FNO. The third-order valence-electron chi connectivity index (χ3n) is 2.30. The van der Waals surface area contributed by atoms with Gasteiger partial charge >= 0.3 is 0 Å². The van der Waals surface area contributed by atoms with Crippen molar-refractivity contribution in [3.8, 4) is 5.75 Å². The molecule has 0 aromatic heterocycles. The number of hydrogen-bond donors (Lipinski definition) is 1. The van der Waals surface area contributed by atoms with Gasteiger partial charge in [0.1, 0.15) is 11.6 Å². The van der Waals surface area contributed by atoms with Crippen LogP contribution in [0.4, 0.5) is 4.39 Å². The summed E-state index contributed by atoms with van der Waals surface area (Å²) in [5.74, 6) is 0.477. The van der Waals surface area contributed by atoms with Crippen LogP contribution in [-0.2, 0) is 0 Å². The Kier molecular flexibility index (Phi) is 4.74. The summed E-state index contributed by atoms with van der Waals surface area (Å²) < 4.78 is 18.3. The van der Waals surface area contributed by atoms with Crippen molar-refractivity contribution in [2.75, 3.05) is 19.7 Å². The van der Waals surface area contributed by atoms with E-state index in [0.29, 0.717) is 12.4 Å². The van der Waals surface area contributed by atoms with Crippen molar-refractivity contribution >= 4 is 0 Å². The molecule has 2 nitrogen and oxygen atoms in total.